The second-order valence-corrected chi connectivity index (χ2v) is 9.59. The highest BCUT2D eigenvalue weighted by atomic mass is 32.2. The molecule has 0 amide bonds. The fourth-order valence-corrected chi connectivity index (χ4v) is 4.00. The molecule has 0 rings (SSSR count). The van der Waals surface area contributed by atoms with E-state index in [1.165, 1.54) is 69.8 Å². The Morgan fingerprint density at radius 2 is 0.966 bits per heavy atom. The summed E-state index contributed by atoms with van der Waals surface area (Å²) in [7, 11) is 0. The van der Waals surface area contributed by atoms with Crippen LogP contribution < -0.4 is 0 Å². The van der Waals surface area contributed by atoms with E-state index < -0.39 is 30.4 Å². The number of aliphatic hydroxyl groups is 3. The summed E-state index contributed by atoms with van der Waals surface area (Å²) in [6.07, 6.45) is 9.72. The first-order chi connectivity index (χ1) is 13.7. The molecule has 0 aromatic rings. The Morgan fingerprint density at radius 3 is 1.24 bits per heavy atom. The fraction of sp³-hybridized carbons (Fsp3) is 0.900. The molecule has 0 saturated carbocycles. The van der Waals surface area contributed by atoms with Crippen molar-refractivity contribution < 1.29 is 35.1 Å². The minimum atomic E-state index is -1.66. The maximum Gasteiger partial charge on any atom is 0.306 e. The molecule has 0 aromatic heterocycles. The van der Waals surface area contributed by atoms with Crippen LogP contribution >= 0.6 is 23.5 Å². The van der Waals surface area contributed by atoms with Crippen LogP contribution in [-0.2, 0) is 9.59 Å². The molecule has 0 heterocycles. The van der Waals surface area contributed by atoms with Gasteiger partial charge in [0.15, 0.2) is 0 Å². The summed E-state index contributed by atoms with van der Waals surface area (Å²) in [5.41, 5.74) is -1.66. The normalized spacial score (nSPS) is 11.0. The number of thioether (sulfide) groups is 2. The van der Waals surface area contributed by atoms with E-state index in [1.54, 1.807) is 0 Å². The van der Waals surface area contributed by atoms with E-state index in [0.29, 0.717) is 13.2 Å². The average Bonchev–Trinajstić information content (AvgIpc) is 2.60. The van der Waals surface area contributed by atoms with Crippen LogP contribution in [0.1, 0.15) is 71.1 Å². The van der Waals surface area contributed by atoms with Crippen molar-refractivity contribution in [2.75, 3.05) is 36.2 Å². The van der Waals surface area contributed by atoms with Crippen molar-refractivity contribution in [2.45, 2.75) is 76.7 Å². The van der Waals surface area contributed by atoms with Crippen LogP contribution in [0.25, 0.3) is 0 Å². The molecule has 0 aliphatic rings. The molecule has 0 saturated heterocycles. The summed E-state index contributed by atoms with van der Waals surface area (Å²) in [5, 5.41) is 42.8. The number of unbranched alkanes of at least 4 members (excludes halogenated alkanes) is 7. The molecule has 174 valence electrons. The summed E-state index contributed by atoms with van der Waals surface area (Å²) in [6, 6.07) is 0. The second kappa shape index (κ2) is 22.2. The lowest BCUT2D eigenvalue weighted by molar-refractivity contribution is -0.147. The number of hydrogen-bond acceptors (Lipinski definition) is 7. The van der Waals surface area contributed by atoms with Crippen molar-refractivity contribution in [3.63, 3.8) is 0 Å². The average molecular weight is 457 g/mol. The third-order valence-corrected chi connectivity index (χ3v) is 5.96. The van der Waals surface area contributed by atoms with Crippen LogP contribution in [0.3, 0.4) is 0 Å². The van der Waals surface area contributed by atoms with Gasteiger partial charge in [-0.3, -0.25) is 9.59 Å². The van der Waals surface area contributed by atoms with Gasteiger partial charge in [-0.15, -0.1) is 0 Å². The molecule has 0 atom stereocenters. The standard InChI is InChI=1S/C14H30O2S2.C6H10O5/c15-9-13-17-11-7-5-3-1-2-4-6-8-12-18-14-10-16;1-6(11,2-4(7)8)3-5(9)10/h15-16H,1-14H2;11H,2-3H2,1H3,(H,7,8)(H,9,10). The third-order valence-electron chi connectivity index (χ3n) is 3.86. The number of hydrogen-bond donors (Lipinski definition) is 5. The van der Waals surface area contributed by atoms with Gasteiger partial charge in [0.25, 0.3) is 0 Å². The zero-order valence-corrected chi connectivity index (χ0v) is 19.3. The van der Waals surface area contributed by atoms with Gasteiger partial charge in [-0.05, 0) is 31.3 Å². The number of carbonyl (C=O) groups is 2. The monoisotopic (exact) mass is 456 g/mol. The van der Waals surface area contributed by atoms with Gasteiger partial charge in [-0.1, -0.05) is 38.5 Å². The highest BCUT2D eigenvalue weighted by molar-refractivity contribution is 7.99. The largest absolute Gasteiger partial charge is 0.481 e. The van der Waals surface area contributed by atoms with Gasteiger partial charge in [-0.25, -0.2) is 0 Å². The highest BCUT2D eigenvalue weighted by Crippen LogP contribution is 2.14. The van der Waals surface area contributed by atoms with E-state index in [2.05, 4.69) is 0 Å². The first kappa shape index (κ1) is 30.7. The van der Waals surface area contributed by atoms with Gasteiger partial charge < -0.3 is 25.5 Å². The zero-order chi connectivity index (χ0) is 22.4. The Kier molecular flexibility index (Phi) is 23.5. The molecule has 29 heavy (non-hydrogen) atoms. The molecule has 0 bridgehead atoms. The van der Waals surface area contributed by atoms with Crippen molar-refractivity contribution in [3.8, 4) is 0 Å². The van der Waals surface area contributed by atoms with Crippen LogP contribution in [0.2, 0.25) is 0 Å². The van der Waals surface area contributed by atoms with E-state index >= 15 is 0 Å². The minimum Gasteiger partial charge on any atom is -0.481 e. The summed E-state index contributed by atoms with van der Waals surface area (Å²) in [4.78, 5) is 20.1. The highest BCUT2D eigenvalue weighted by Gasteiger charge is 2.27. The number of aliphatic carboxylic acids is 2. The quantitative estimate of drug-likeness (QED) is 0.186. The lowest BCUT2D eigenvalue weighted by Gasteiger charge is -2.17. The number of aliphatic hydroxyl groups excluding tert-OH is 2. The molecular formula is C20H40O7S2. The maximum absolute atomic E-state index is 10.0. The fourth-order valence-electron chi connectivity index (χ4n) is 2.52. The smallest absolute Gasteiger partial charge is 0.306 e. The Balaban J connectivity index is 0. The van der Waals surface area contributed by atoms with E-state index in [0.717, 1.165) is 11.5 Å². The summed E-state index contributed by atoms with van der Waals surface area (Å²) >= 11 is 3.73. The maximum atomic E-state index is 10.0. The molecule has 0 aromatic carbocycles. The van der Waals surface area contributed by atoms with Crippen molar-refractivity contribution in [2.24, 2.45) is 0 Å². The minimum absolute atomic E-state index is 0.321. The molecule has 0 radical (unpaired) electrons. The van der Waals surface area contributed by atoms with Crippen LogP contribution in [0.15, 0.2) is 0 Å². The predicted molar refractivity (Wildman–Crippen MR) is 121 cm³/mol. The Bertz CT molecular complexity index is 359. The number of carboxylic acids is 2. The van der Waals surface area contributed by atoms with E-state index in [-0.39, 0.29) is 0 Å². The lowest BCUT2D eigenvalue weighted by atomic mass is 9.99. The first-order valence-corrected chi connectivity index (χ1v) is 12.6. The van der Waals surface area contributed by atoms with Gasteiger partial charge >= 0.3 is 11.9 Å². The SMILES string of the molecule is CC(O)(CC(=O)O)CC(=O)O.OCCSCCCCCCCCCCSCCO. The van der Waals surface area contributed by atoms with Crippen molar-refractivity contribution >= 4 is 35.5 Å². The van der Waals surface area contributed by atoms with Gasteiger partial charge in [0.2, 0.25) is 0 Å². The molecule has 5 N–H and O–H groups in total. The summed E-state index contributed by atoms with van der Waals surface area (Å²) in [5.74, 6) is 1.79. The van der Waals surface area contributed by atoms with Gasteiger partial charge in [0, 0.05) is 11.5 Å². The molecule has 0 fully saturated rings. The topological polar surface area (TPSA) is 135 Å². The molecule has 9 heteroatoms. The predicted octanol–water partition coefficient (Wildman–Crippen LogP) is 3.25. The van der Waals surface area contributed by atoms with Crippen LogP contribution in [0.5, 0.6) is 0 Å². The molecular weight excluding hydrogens is 416 g/mol. The van der Waals surface area contributed by atoms with Gasteiger partial charge in [-0.2, -0.15) is 23.5 Å². The lowest BCUT2D eigenvalue weighted by Crippen LogP contribution is -2.30. The summed E-state index contributed by atoms with van der Waals surface area (Å²) < 4.78 is 0. The van der Waals surface area contributed by atoms with Gasteiger partial charge in [0.1, 0.15) is 0 Å². The molecule has 0 spiro atoms. The van der Waals surface area contributed by atoms with Crippen LogP contribution in [0.4, 0.5) is 0 Å². The third kappa shape index (κ3) is 29.8. The van der Waals surface area contributed by atoms with Crippen molar-refractivity contribution in [1.29, 1.82) is 0 Å². The van der Waals surface area contributed by atoms with Crippen LogP contribution in [-0.4, -0.2) is 79.3 Å². The first-order valence-electron chi connectivity index (χ1n) is 10.3. The molecule has 0 aliphatic carbocycles. The van der Waals surface area contributed by atoms with E-state index in [9.17, 15) is 9.59 Å². The Morgan fingerprint density at radius 1 is 0.655 bits per heavy atom. The zero-order valence-electron chi connectivity index (χ0n) is 17.7. The van der Waals surface area contributed by atoms with E-state index in [1.807, 2.05) is 23.5 Å². The van der Waals surface area contributed by atoms with Crippen LogP contribution in [0, 0.1) is 0 Å². The van der Waals surface area contributed by atoms with E-state index in [4.69, 9.17) is 25.5 Å². The molecule has 7 nitrogen and oxygen atoms in total. The number of rotatable bonds is 19. The number of carboxylic acid groups (broad SMARTS) is 2. The summed E-state index contributed by atoms with van der Waals surface area (Å²) in [6.45, 7) is 1.82. The van der Waals surface area contributed by atoms with Gasteiger partial charge in [0.05, 0.1) is 31.7 Å². The van der Waals surface area contributed by atoms with Crippen molar-refractivity contribution in [3.05, 3.63) is 0 Å². The van der Waals surface area contributed by atoms with Crippen molar-refractivity contribution in [1.82, 2.24) is 0 Å². The Labute approximate surface area is 183 Å². The molecule has 0 unspecified atom stereocenters. The molecule has 0 aliphatic heterocycles. The second-order valence-electron chi connectivity index (χ2n) is 7.14. The Hall–Kier alpha value is -0.480.